The normalized spacial score (nSPS) is 18.8. The van der Waals surface area contributed by atoms with Crippen LogP contribution in [0.2, 0.25) is 0 Å². The van der Waals surface area contributed by atoms with Crippen LogP contribution in [0.1, 0.15) is 18.1 Å². The number of nitrogens with zero attached hydrogens (tertiary/aromatic N) is 1. The molecule has 1 saturated heterocycles. The maximum absolute atomic E-state index is 12.0. The Kier molecular flexibility index (Phi) is 5.51. The van der Waals surface area contributed by atoms with Gasteiger partial charge in [-0.2, -0.15) is 0 Å². The number of ether oxygens (including phenoxy) is 1. The van der Waals surface area contributed by atoms with Gasteiger partial charge in [-0.1, -0.05) is 12.1 Å². The lowest BCUT2D eigenvalue weighted by Crippen LogP contribution is -2.49. The van der Waals surface area contributed by atoms with E-state index in [1.165, 1.54) is 0 Å². The lowest BCUT2D eigenvalue weighted by molar-refractivity contribution is -0.123. The highest BCUT2D eigenvalue weighted by Gasteiger charge is 2.21. The van der Waals surface area contributed by atoms with Crippen molar-refractivity contribution in [1.29, 1.82) is 0 Å². The number of hydrogen-bond donors (Lipinski definition) is 2. The highest BCUT2D eigenvalue weighted by Crippen LogP contribution is 2.17. The van der Waals surface area contributed by atoms with Crippen molar-refractivity contribution in [2.24, 2.45) is 0 Å². The molecule has 1 aliphatic rings. The molecule has 1 aromatic carbocycles. The first kappa shape index (κ1) is 16.5. The number of urea groups is 1. The monoisotopic (exact) mass is 305 g/mol. The van der Waals surface area contributed by atoms with Crippen LogP contribution in [0.25, 0.3) is 0 Å². The summed E-state index contributed by atoms with van der Waals surface area (Å²) in [5, 5.41) is 5.09. The van der Waals surface area contributed by atoms with Crippen LogP contribution in [0.15, 0.2) is 18.2 Å². The Morgan fingerprint density at radius 1 is 1.36 bits per heavy atom. The first-order chi connectivity index (χ1) is 10.5. The second-order valence-electron chi connectivity index (χ2n) is 5.64. The van der Waals surface area contributed by atoms with Crippen LogP contribution in [0.4, 0.5) is 10.5 Å². The Morgan fingerprint density at radius 2 is 2.14 bits per heavy atom. The summed E-state index contributed by atoms with van der Waals surface area (Å²) < 4.78 is 5.33. The fraction of sp³-hybridized carbons (Fsp3) is 0.500. The summed E-state index contributed by atoms with van der Waals surface area (Å²) in [4.78, 5) is 25.9. The molecule has 1 unspecified atom stereocenters. The topological polar surface area (TPSA) is 70.7 Å². The first-order valence-corrected chi connectivity index (χ1v) is 7.46. The van der Waals surface area contributed by atoms with Crippen molar-refractivity contribution in [3.8, 4) is 0 Å². The zero-order valence-electron chi connectivity index (χ0n) is 13.3. The fourth-order valence-electron chi connectivity index (χ4n) is 2.39. The molecule has 0 aliphatic carbocycles. The zero-order valence-corrected chi connectivity index (χ0v) is 13.3. The molecule has 22 heavy (non-hydrogen) atoms. The predicted octanol–water partition coefficient (Wildman–Crippen LogP) is 1.67. The molecule has 1 aromatic rings. The summed E-state index contributed by atoms with van der Waals surface area (Å²) in [6.07, 6.45) is 0. The summed E-state index contributed by atoms with van der Waals surface area (Å²) in [5.41, 5.74) is 2.79. The molecule has 1 fully saturated rings. The molecular weight excluding hydrogens is 282 g/mol. The summed E-state index contributed by atoms with van der Waals surface area (Å²) in [7, 11) is 0. The second-order valence-corrected chi connectivity index (χ2v) is 5.64. The van der Waals surface area contributed by atoms with Gasteiger partial charge in [0.1, 0.15) is 0 Å². The van der Waals surface area contributed by atoms with Crippen LogP contribution < -0.4 is 10.6 Å². The summed E-state index contributed by atoms with van der Waals surface area (Å²) in [6, 6.07) is 5.34. The SMILES string of the molecule is Cc1cccc(NC(=O)NC(=O)CN2CCOCC2C)c1C. The smallest absolute Gasteiger partial charge is 0.325 e. The predicted molar refractivity (Wildman–Crippen MR) is 84.9 cm³/mol. The molecule has 0 spiro atoms. The molecule has 6 heteroatoms. The van der Waals surface area contributed by atoms with Crippen LogP contribution in [0, 0.1) is 13.8 Å². The first-order valence-electron chi connectivity index (χ1n) is 7.46. The van der Waals surface area contributed by atoms with Gasteiger partial charge in [-0.05, 0) is 38.0 Å². The minimum Gasteiger partial charge on any atom is -0.379 e. The highest BCUT2D eigenvalue weighted by molar-refractivity contribution is 6.02. The molecule has 1 heterocycles. The number of benzene rings is 1. The number of imide groups is 1. The molecule has 2 N–H and O–H groups in total. The van der Waals surface area contributed by atoms with Gasteiger partial charge in [0.2, 0.25) is 5.91 Å². The van der Waals surface area contributed by atoms with Crippen LogP contribution in [-0.2, 0) is 9.53 Å². The van der Waals surface area contributed by atoms with E-state index in [0.717, 1.165) is 11.1 Å². The Hall–Kier alpha value is -1.92. The van der Waals surface area contributed by atoms with E-state index in [4.69, 9.17) is 4.74 Å². The van der Waals surface area contributed by atoms with Crippen molar-refractivity contribution in [2.45, 2.75) is 26.8 Å². The van der Waals surface area contributed by atoms with E-state index >= 15 is 0 Å². The van der Waals surface area contributed by atoms with Crippen molar-refractivity contribution < 1.29 is 14.3 Å². The van der Waals surface area contributed by atoms with Gasteiger partial charge in [0, 0.05) is 18.3 Å². The van der Waals surface area contributed by atoms with Gasteiger partial charge in [0.05, 0.1) is 19.8 Å². The van der Waals surface area contributed by atoms with Crippen molar-refractivity contribution in [2.75, 3.05) is 31.6 Å². The molecule has 3 amide bonds. The van der Waals surface area contributed by atoms with Gasteiger partial charge >= 0.3 is 6.03 Å². The van der Waals surface area contributed by atoms with Gasteiger partial charge in [-0.15, -0.1) is 0 Å². The number of carbonyl (C=O) groups is 2. The van der Waals surface area contributed by atoms with Crippen molar-refractivity contribution >= 4 is 17.6 Å². The van der Waals surface area contributed by atoms with Gasteiger partial charge in [0.15, 0.2) is 0 Å². The number of rotatable bonds is 3. The third-order valence-electron chi connectivity index (χ3n) is 3.96. The van der Waals surface area contributed by atoms with E-state index < -0.39 is 6.03 Å². The van der Waals surface area contributed by atoms with Gasteiger partial charge in [0.25, 0.3) is 0 Å². The third kappa shape index (κ3) is 4.29. The number of nitrogens with one attached hydrogen (secondary N) is 2. The van der Waals surface area contributed by atoms with E-state index in [9.17, 15) is 9.59 Å². The molecule has 6 nitrogen and oxygen atoms in total. The Morgan fingerprint density at radius 3 is 2.86 bits per heavy atom. The lowest BCUT2D eigenvalue weighted by Gasteiger charge is -2.32. The van der Waals surface area contributed by atoms with E-state index in [-0.39, 0.29) is 18.5 Å². The molecule has 1 atom stereocenters. The molecule has 1 aliphatic heterocycles. The summed E-state index contributed by atoms with van der Waals surface area (Å²) >= 11 is 0. The molecule has 0 saturated carbocycles. The number of hydrogen-bond acceptors (Lipinski definition) is 4. The lowest BCUT2D eigenvalue weighted by atomic mass is 10.1. The fourth-order valence-corrected chi connectivity index (χ4v) is 2.39. The summed E-state index contributed by atoms with van der Waals surface area (Å²) in [6.45, 7) is 8.04. The molecular formula is C16H23N3O3. The Labute approximate surface area is 130 Å². The van der Waals surface area contributed by atoms with Crippen molar-refractivity contribution in [1.82, 2.24) is 10.2 Å². The van der Waals surface area contributed by atoms with Crippen LogP contribution in [0.3, 0.4) is 0 Å². The standard InChI is InChI=1S/C16H23N3O3/c1-11-5-4-6-14(13(11)3)17-16(21)18-15(20)9-19-7-8-22-10-12(19)2/h4-6,12H,7-10H2,1-3H3,(H2,17,18,20,21). The number of morpholine rings is 1. The van der Waals surface area contributed by atoms with Crippen molar-refractivity contribution in [3.05, 3.63) is 29.3 Å². The number of anilines is 1. The molecule has 0 aromatic heterocycles. The highest BCUT2D eigenvalue weighted by atomic mass is 16.5. The van der Waals surface area contributed by atoms with E-state index in [1.807, 2.05) is 43.9 Å². The Balaban J connectivity index is 1.86. The number of amides is 3. The number of aryl methyl sites for hydroxylation is 1. The zero-order chi connectivity index (χ0) is 16.1. The third-order valence-corrected chi connectivity index (χ3v) is 3.96. The quantitative estimate of drug-likeness (QED) is 0.891. The van der Waals surface area contributed by atoms with Gasteiger partial charge in [-0.3, -0.25) is 15.0 Å². The minimum atomic E-state index is -0.500. The van der Waals surface area contributed by atoms with Crippen LogP contribution in [-0.4, -0.2) is 49.2 Å². The maximum Gasteiger partial charge on any atom is 0.325 e. The second kappa shape index (κ2) is 7.38. The largest absolute Gasteiger partial charge is 0.379 e. The van der Waals surface area contributed by atoms with E-state index in [1.54, 1.807) is 0 Å². The molecule has 120 valence electrons. The molecule has 0 bridgehead atoms. The molecule has 0 radical (unpaired) electrons. The van der Waals surface area contributed by atoms with Crippen LogP contribution >= 0.6 is 0 Å². The van der Waals surface area contributed by atoms with Crippen LogP contribution in [0.5, 0.6) is 0 Å². The summed E-state index contributed by atoms with van der Waals surface area (Å²) in [5.74, 6) is -0.309. The Bertz CT molecular complexity index is 560. The van der Waals surface area contributed by atoms with E-state index in [0.29, 0.717) is 25.4 Å². The number of carbonyl (C=O) groups excluding carboxylic acids is 2. The van der Waals surface area contributed by atoms with Gasteiger partial charge in [-0.25, -0.2) is 4.79 Å². The average molecular weight is 305 g/mol. The molecule has 2 rings (SSSR count). The van der Waals surface area contributed by atoms with E-state index in [2.05, 4.69) is 10.6 Å². The van der Waals surface area contributed by atoms with Crippen molar-refractivity contribution in [3.63, 3.8) is 0 Å². The van der Waals surface area contributed by atoms with Gasteiger partial charge < -0.3 is 10.1 Å². The minimum absolute atomic E-state index is 0.182. The maximum atomic E-state index is 12.0. The average Bonchev–Trinajstić information content (AvgIpc) is 2.46.